The minimum Gasteiger partial charge on any atom is -0.366 e. The molecule has 1 aromatic rings. The zero-order chi connectivity index (χ0) is 14.8. The van der Waals surface area contributed by atoms with Crippen molar-refractivity contribution in [2.75, 3.05) is 26.2 Å². The highest BCUT2D eigenvalue weighted by Crippen LogP contribution is 2.37. The molecule has 0 saturated carbocycles. The summed E-state index contributed by atoms with van der Waals surface area (Å²) in [6, 6.07) is 6.52. The van der Waals surface area contributed by atoms with Gasteiger partial charge in [0.2, 0.25) is 0 Å². The smallest absolute Gasteiger partial charge is 0.253 e. The van der Waals surface area contributed by atoms with Gasteiger partial charge >= 0.3 is 0 Å². The molecule has 3 rings (SSSR count). The number of nitrogens with zero attached hydrogens (tertiary/aromatic N) is 1. The van der Waals surface area contributed by atoms with Gasteiger partial charge in [-0.3, -0.25) is 4.79 Å². The number of carbonyl (C=O) groups is 1. The maximum Gasteiger partial charge on any atom is 0.253 e. The van der Waals surface area contributed by atoms with Crippen LogP contribution in [0.5, 0.6) is 0 Å². The molecule has 3 unspecified atom stereocenters. The van der Waals surface area contributed by atoms with E-state index in [1.807, 2.05) is 11.0 Å². The van der Waals surface area contributed by atoms with Crippen LogP contribution in [0.1, 0.15) is 24.9 Å². The normalized spacial score (nSPS) is 28.3. The first-order valence-electron chi connectivity index (χ1n) is 7.55. The number of rotatable bonds is 2. The second-order valence-corrected chi connectivity index (χ2v) is 5.86. The first-order chi connectivity index (χ1) is 10.2. The van der Waals surface area contributed by atoms with Crippen LogP contribution in [0, 0.1) is 11.7 Å². The summed E-state index contributed by atoms with van der Waals surface area (Å²) < 4.78 is 19.1. The SMILES string of the molecule is CC1CCN(C(=O)C2CNCCO2)C1c1cccc(F)c1.Cl. The number of ether oxygens (including phenoxy) is 1. The van der Waals surface area contributed by atoms with Gasteiger partial charge in [-0.1, -0.05) is 19.1 Å². The Labute approximate surface area is 136 Å². The Morgan fingerprint density at radius 1 is 1.45 bits per heavy atom. The monoisotopic (exact) mass is 328 g/mol. The fraction of sp³-hybridized carbons (Fsp3) is 0.562. The molecule has 0 aliphatic carbocycles. The number of benzene rings is 1. The van der Waals surface area contributed by atoms with Crippen molar-refractivity contribution in [3.8, 4) is 0 Å². The van der Waals surface area contributed by atoms with Crippen LogP contribution < -0.4 is 5.32 Å². The summed E-state index contributed by atoms with van der Waals surface area (Å²) in [6.07, 6.45) is 0.521. The predicted molar refractivity (Wildman–Crippen MR) is 84.5 cm³/mol. The molecule has 0 bridgehead atoms. The number of morpholine rings is 1. The summed E-state index contributed by atoms with van der Waals surface area (Å²) in [7, 11) is 0. The summed E-state index contributed by atoms with van der Waals surface area (Å²) in [6.45, 7) is 4.72. The molecule has 2 saturated heterocycles. The van der Waals surface area contributed by atoms with Crippen LogP contribution in [-0.4, -0.2) is 43.2 Å². The molecule has 4 nitrogen and oxygen atoms in total. The summed E-state index contributed by atoms with van der Waals surface area (Å²) in [5.74, 6) is 0.0858. The lowest BCUT2D eigenvalue weighted by Gasteiger charge is -2.32. The Morgan fingerprint density at radius 3 is 2.95 bits per heavy atom. The number of hydrogen-bond acceptors (Lipinski definition) is 3. The third-order valence-electron chi connectivity index (χ3n) is 4.38. The number of halogens is 2. The average Bonchev–Trinajstić information content (AvgIpc) is 2.89. The van der Waals surface area contributed by atoms with Crippen molar-refractivity contribution >= 4 is 18.3 Å². The van der Waals surface area contributed by atoms with Crippen molar-refractivity contribution in [1.29, 1.82) is 0 Å². The van der Waals surface area contributed by atoms with Gasteiger partial charge in [0.1, 0.15) is 11.9 Å². The Morgan fingerprint density at radius 2 is 2.27 bits per heavy atom. The Bertz CT molecular complexity index is 523. The van der Waals surface area contributed by atoms with Crippen molar-refractivity contribution < 1.29 is 13.9 Å². The molecule has 0 spiro atoms. The quantitative estimate of drug-likeness (QED) is 0.904. The summed E-state index contributed by atoms with van der Waals surface area (Å²) in [5, 5.41) is 3.18. The van der Waals surface area contributed by atoms with Crippen LogP contribution in [0.4, 0.5) is 4.39 Å². The molecular formula is C16H22ClFN2O2. The zero-order valence-electron chi connectivity index (χ0n) is 12.6. The van der Waals surface area contributed by atoms with Crippen LogP contribution in [0.3, 0.4) is 0 Å². The number of nitrogens with one attached hydrogen (secondary N) is 1. The third-order valence-corrected chi connectivity index (χ3v) is 4.38. The lowest BCUT2D eigenvalue weighted by Crippen LogP contribution is -2.49. The Balaban J connectivity index is 0.00000176. The zero-order valence-corrected chi connectivity index (χ0v) is 13.4. The lowest BCUT2D eigenvalue weighted by atomic mass is 9.95. The second kappa shape index (κ2) is 7.40. The molecule has 1 N–H and O–H groups in total. The number of amides is 1. The van der Waals surface area contributed by atoms with E-state index in [9.17, 15) is 9.18 Å². The molecule has 2 fully saturated rings. The molecule has 0 aromatic heterocycles. The fourth-order valence-corrected chi connectivity index (χ4v) is 3.30. The van der Waals surface area contributed by atoms with E-state index < -0.39 is 6.10 Å². The van der Waals surface area contributed by atoms with Crippen molar-refractivity contribution in [3.63, 3.8) is 0 Å². The van der Waals surface area contributed by atoms with E-state index >= 15 is 0 Å². The molecule has 22 heavy (non-hydrogen) atoms. The molecule has 1 aromatic carbocycles. The van der Waals surface area contributed by atoms with Gasteiger partial charge in [-0.2, -0.15) is 0 Å². The predicted octanol–water partition coefficient (Wildman–Crippen LogP) is 2.15. The highest BCUT2D eigenvalue weighted by atomic mass is 35.5. The van der Waals surface area contributed by atoms with E-state index in [0.717, 1.165) is 18.5 Å². The van der Waals surface area contributed by atoms with Gasteiger partial charge in [0.05, 0.1) is 12.6 Å². The van der Waals surface area contributed by atoms with Gasteiger partial charge in [-0.15, -0.1) is 12.4 Å². The lowest BCUT2D eigenvalue weighted by molar-refractivity contribution is -0.146. The van der Waals surface area contributed by atoms with Gasteiger partial charge < -0.3 is 15.0 Å². The largest absolute Gasteiger partial charge is 0.366 e. The van der Waals surface area contributed by atoms with E-state index in [1.54, 1.807) is 6.07 Å². The van der Waals surface area contributed by atoms with Gasteiger partial charge in [0, 0.05) is 19.6 Å². The molecule has 6 heteroatoms. The van der Waals surface area contributed by atoms with Crippen LogP contribution >= 0.6 is 12.4 Å². The third kappa shape index (κ3) is 3.42. The van der Waals surface area contributed by atoms with Crippen LogP contribution in [0.25, 0.3) is 0 Å². The van der Waals surface area contributed by atoms with Gasteiger partial charge in [-0.25, -0.2) is 4.39 Å². The number of carbonyl (C=O) groups excluding carboxylic acids is 1. The summed E-state index contributed by atoms with van der Waals surface area (Å²) in [5.41, 5.74) is 0.872. The second-order valence-electron chi connectivity index (χ2n) is 5.86. The molecule has 122 valence electrons. The van der Waals surface area contributed by atoms with E-state index in [0.29, 0.717) is 25.6 Å². The molecule has 3 atom stereocenters. The highest BCUT2D eigenvalue weighted by molar-refractivity contribution is 5.85. The first kappa shape index (κ1) is 17.2. The maximum absolute atomic E-state index is 13.5. The maximum atomic E-state index is 13.5. The molecule has 2 aliphatic rings. The van der Waals surface area contributed by atoms with Crippen LogP contribution in [0.2, 0.25) is 0 Å². The minimum atomic E-state index is -0.417. The highest BCUT2D eigenvalue weighted by Gasteiger charge is 2.39. The number of likely N-dealkylation sites (tertiary alicyclic amines) is 1. The molecule has 2 heterocycles. The van der Waals surface area contributed by atoms with Gasteiger partial charge in [0.25, 0.3) is 5.91 Å². The van der Waals surface area contributed by atoms with Crippen LogP contribution in [0.15, 0.2) is 24.3 Å². The topological polar surface area (TPSA) is 41.6 Å². The molecule has 1 amide bonds. The first-order valence-corrected chi connectivity index (χ1v) is 7.55. The number of hydrogen-bond donors (Lipinski definition) is 1. The minimum absolute atomic E-state index is 0. The van der Waals surface area contributed by atoms with Crippen molar-refractivity contribution in [1.82, 2.24) is 10.2 Å². The summed E-state index contributed by atoms with van der Waals surface area (Å²) in [4.78, 5) is 14.5. The molecular weight excluding hydrogens is 307 g/mol. The molecule has 2 aliphatic heterocycles. The van der Waals surface area contributed by atoms with Crippen molar-refractivity contribution in [3.05, 3.63) is 35.6 Å². The van der Waals surface area contributed by atoms with Crippen LogP contribution in [-0.2, 0) is 9.53 Å². The van der Waals surface area contributed by atoms with E-state index in [2.05, 4.69) is 12.2 Å². The van der Waals surface area contributed by atoms with Gasteiger partial charge in [-0.05, 0) is 30.0 Å². The Hall–Kier alpha value is -1.17. The Kier molecular flexibility index (Phi) is 5.78. The summed E-state index contributed by atoms with van der Waals surface area (Å²) >= 11 is 0. The van der Waals surface area contributed by atoms with E-state index in [-0.39, 0.29) is 30.2 Å². The van der Waals surface area contributed by atoms with E-state index in [4.69, 9.17) is 4.74 Å². The average molecular weight is 329 g/mol. The van der Waals surface area contributed by atoms with E-state index in [1.165, 1.54) is 12.1 Å². The standard InChI is InChI=1S/C16H21FN2O2.ClH/c1-11-5-7-19(16(20)14-10-18-6-8-21-14)15(11)12-3-2-4-13(17)9-12;/h2-4,9,11,14-15,18H,5-8,10H2,1H3;1H. The van der Waals surface area contributed by atoms with Crippen molar-refractivity contribution in [2.24, 2.45) is 5.92 Å². The molecule has 0 radical (unpaired) electrons. The fourth-order valence-electron chi connectivity index (χ4n) is 3.30. The van der Waals surface area contributed by atoms with Crippen molar-refractivity contribution in [2.45, 2.75) is 25.5 Å². The van der Waals surface area contributed by atoms with Gasteiger partial charge in [0.15, 0.2) is 0 Å².